The number of morpholine rings is 1. The van der Waals surface area contributed by atoms with Gasteiger partial charge in [-0.3, -0.25) is 9.69 Å². The number of carbonyl (C=O) groups excluding carboxylic acids is 1. The minimum absolute atomic E-state index is 0.0972. The molecule has 184 valence electrons. The fraction of sp³-hybridized carbons (Fsp3) is 0.480. The minimum atomic E-state index is -3.52. The fourth-order valence-electron chi connectivity index (χ4n) is 4.45. The molecule has 2 saturated heterocycles. The molecule has 2 aliphatic heterocycles. The van der Waals surface area contributed by atoms with Gasteiger partial charge in [0.05, 0.1) is 24.9 Å². The van der Waals surface area contributed by atoms with Crippen LogP contribution < -0.4 is 5.32 Å². The van der Waals surface area contributed by atoms with Crippen LogP contribution in [0, 0.1) is 5.92 Å². The van der Waals surface area contributed by atoms with Crippen molar-refractivity contribution >= 4 is 27.5 Å². The first-order valence-electron chi connectivity index (χ1n) is 11.8. The van der Waals surface area contributed by atoms with E-state index in [-0.39, 0.29) is 24.1 Å². The van der Waals surface area contributed by atoms with E-state index < -0.39 is 10.0 Å². The summed E-state index contributed by atoms with van der Waals surface area (Å²) in [6.07, 6.45) is 1.36. The Morgan fingerprint density at radius 2 is 1.76 bits per heavy atom. The van der Waals surface area contributed by atoms with Crippen LogP contribution in [-0.4, -0.2) is 62.9 Å². The highest BCUT2D eigenvalue weighted by molar-refractivity contribution is 7.88. The van der Waals surface area contributed by atoms with E-state index in [4.69, 9.17) is 16.3 Å². The first-order chi connectivity index (χ1) is 16.4. The Morgan fingerprint density at radius 3 is 2.50 bits per heavy atom. The lowest BCUT2D eigenvalue weighted by atomic mass is 9.98. The summed E-state index contributed by atoms with van der Waals surface area (Å²) in [5, 5.41) is 3.51. The summed E-state index contributed by atoms with van der Waals surface area (Å²) in [5.74, 6) is -0.554. The summed E-state index contributed by atoms with van der Waals surface area (Å²) in [6.45, 7) is 5.45. The van der Waals surface area contributed by atoms with Gasteiger partial charge in [0.15, 0.2) is 0 Å². The Kier molecular flexibility index (Phi) is 8.60. The number of piperidine rings is 1. The van der Waals surface area contributed by atoms with Gasteiger partial charge in [-0.25, -0.2) is 12.7 Å². The molecular weight excluding hydrogens is 474 g/mol. The Bertz CT molecular complexity index is 1070. The number of rotatable bonds is 8. The standard InChI is InChI=1S/C25H32ClN3O4S/c26-24-5-1-3-22(15-24)19-34(31,32)29-10-2-4-23(18-29)25(30)27-16-20-6-8-21(9-7-20)17-28-11-13-33-14-12-28/h1,3,5-9,15,23H,2,4,10-14,16-19H2,(H,27,30). The Labute approximate surface area is 207 Å². The Morgan fingerprint density at radius 1 is 1.03 bits per heavy atom. The molecule has 2 heterocycles. The SMILES string of the molecule is O=C(NCc1ccc(CN2CCOCC2)cc1)C1CCCN(S(=O)(=O)Cc2cccc(Cl)c2)C1. The third kappa shape index (κ3) is 7.02. The van der Waals surface area contributed by atoms with E-state index in [0.29, 0.717) is 36.5 Å². The number of carbonyl (C=O) groups is 1. The molecule has 1 atom stereocenters. The summed E-state index contributed by atoms with van der Waals surface area (Å²) in [6, 6.07) is 15.2. The van der Waals surface area contributed by atoms with Crippen LogP contribution in [0.3, 0.4) is 0 Å². The normalized spacial score (nSPS) is 20.2. The number of nitrogens with one attached hydrogen (secondary N) is 1. The van der Waals surface area contributed by atoms with Crippen LogP contribution in [0.25, 0.3) is 0 Å². The van der Waals surface area contributed by atoms with Crippen LogP contribution in [0.2, 0.25) is 5.02 Å². The smallest absolute Gasteiger partial charge is 0.224 e. The van der Waals surface area contributed by atoms with Gasteiger partial charge in [0, 0.05) is 44.3 Å². The largest absolute Gasteiger partial charge is 0.379 e. The van der Waals surface area contributed by atoms with Gasteiger partial charge in [0.2, 0.25) is 15.9 Å². The van der Waals surface area contributed by atoms with Crippen LogP contribution in [0.5, 0.6) is 0 Å². The van der Waals surface area contributed by atoms with Crippen LogP contribution in [0.4, 0.5) is 0 Å². The third-order valence-corrected chi connectivity index (χ3v) is 8.44. The topological polar surface area (TPSA) is 79.0 Å². The van der Waals surface area contributed by atoms with E-state index in [1.165, 1.54) is 9.87 Å². The lowest BCUT2D eigenvalue weighted by molar-refractivity contribution is -0.126. The lowest BCUT2D eigenvalue weighted by Crippen LogP contribution is -2.45. The highest BCUT2D eigenvalue weighted by atomic mass is 35.5. The number of hydrogen-bond acceptors (Lipinski definition) is 5. The zero-order valence-corrected chi connectivity index (χ0v) is 20.9. The van der Waals surface area contributed by atoms with Crippen molar-refractivity contribution < 1.29 is 17.9 Å². The number of nitrogens with zero attached hydrogens (tertiary/aromatic N) is 2. The summed E-state index contributed by atoms with van der Waals surface area (Å²) >= 11 is 5.99. The average molecular weight is 506 g/mol. The predicted molar refractivity (Wildman–Crippen MR) is 133 cm³/mol. The number of benzene rings is 2. The van der Waals surface area contributed by atoms with E-state index in [9.17, 15) is 13.2 Å². The van der Waals surface area contributed by atoms with Gasteiger partial charge in [0.1, 0.15) is 0 Å². The molecule has 2 aromatic rings. The van der Waals surface area contributed by atoms with Crippen molar-refractivity contribution in [3.05, 3.63) is 70.2 Å². The monoisotopic (exact) mass is 505 g/mol. The predicted octanol–water partition coefficient (Wildman–Crippen LogP) is 3.03. The number of sulfonamides is 1. The maximum absolute atomic E-state index is 12.9. The van der Waals surface area contributed by atoms with Crippen molar-refractivity contribution in [2.75, 3.05) is 39.4 Å². The maximum atomic E-state index is 12.9. The van der Waals surface area contributed by atoms with Crippen molar-refractivity contribution in [1.29, 1.82) is 0 Å². The van der Waals surface area contributed by atoms with Crippen molar-refractivity contribution in [3.8, 4) is 0 Å². The number of halogens is 1. The van der Waals surface area contributed by atoms with E-state index in [1.807, 2.05) is 12.1 Å². The van der Waals surface area contributed by atoms with Crippen molar-refractivity contribution in [2.45, 2.75) is 31.7 Å². The molecule has 2 fully saturated rings. The Balaban J connectivity index is 1.27. The zero-order valence-electron chi connectivity index (χ0n) is 19.3. The quantitative estimate of drug-likeness (QED) is 0.596. The van der Waals surface area contributed by atoms with Crippen LogP contribution >= 0.6 is 11.6 Å². The lowest BCUT2D eigenvalue weighted by Gasteiger charge is -2.31. The molecule has 0 bridgehead atoms. The third-order valence-electron chi connectivity index (χ3n) is 6.39. The molecular formula is C25H32ClN3O4S. The molecule has 0 aromatic heterocycles. The molecule has 1 amide bonds. The molecule has 0 spiro atoms. The molecule has 0 radical (unpaired) electrons. The molecule has 0 aliphatic carbocycles. The molecule has 7 nitrogen and oxygen atoms in total. The van der Waals surface area contributed by atoms with E-state index in [1.54, 1.807) is 24.3 Å². The molecule has 1 unspecified atom stereocenters. The molecule has 2 aliphatic rings. The second-order valence-corrected chi connectivity index (χ2v) is 11.4. The van der Waals surface area contributed by atoms with Crippen molar-refractivity contribution in [1.82, 2.24) is 14.5 Å². The first kappa shape index (κ1) is 25.1. The van der Waals surface area contributed by atoms with Gasteiger partial charge in [0.25, 0.3) is 0 Å². The van der Waals surface area contributed by atoms with Gasteiger partial charge >= 0.3 is 0 Å². The van der Waals surface area contributed by atoms with Gasteiger partial charge in [-0.05, 0) is 41.7 Å². The second kappa shape index (κ2) is 11.6. The molecule has 34 heavy (non-hydrogen) atoms. The van der Waals surface area contributed by atoms with Gasteiger partial charge < -0.3 is 10.1 Å². The molecule has 2 aromatic carbocycles. The first-order valence-corrected chi connectivity index (χ1v) is 13.8. The van der Waals surface area contributed by atoms with Crippen LogP contribution in [-0.2, 0) is 38.4 Å². The average Bonchev–Trinajstić information content (AvgIpc) is 2.84. The summed E-state index contributed by atoms with van der Waals surface area (Å²) in [4.78, 5) is 15.2. The molecule has 0 saturated carbocycles. The van der Waals surface area contributed by atoms with Crippen molar-refractivity contribution in [3.63, 3.8) is 0 Å². The van der Waals surface area contributed by atoms with Gasteiger partial charge in [-0.15, -0.1) is 0 Å². The summed E-state index contributed by atoms with van der Waals surface area (Å²) in [7, 11) is -3.52. The number of ether oxygens (including phenoxy) is 1. The number of amides is 1. The van der Waals surface area contributed by atoms with Crippen molar-refractivity contribution in [2.24, 2.45) is 5.92 Å². The van der Waals surface area contributed by atoms with Crippen LogP contribution in [0.15, 0.2) is 48.5 Å². The van der Waals surface area contributed by atoms with Crippen LogP contribution in [0.1, 0.15) is 29.5 Å². The molecule has 1 N–H and O–H groups in total. The highest BCUT2D eigenvalue weighted by Gasteiger charge is 2.32. The van der Waals surface area contributed by atoms with E-state index in [2.05, 4.69) is 22.3 Å². The molecule has 4 rings (SSSR count). The van der Waals surface area contributed by atoms with E-state index >= 15 is 0 Å². The minimum Gasteiger partial charge on any atom is -0.379 e. The Hall–Kier alpha value is -1.97. The van der Waals surface area contributed by atoms with Gasteiger partial charge in [-0.1, -0.05) is 48.0 Å². The summed E-state index contributed by atoms with van der Waals surface area (Å²) in [5.41, 5.74) is 2.92. The van der Waals surface area contributed by atoms with Gasteiger partial charge in [-0.2, -0.15) is 0 Å². The molecule has 9 heteroatoms. The maximum Gasteiger partial charge on any atom is 0.224 e. The zero-order chi connectivity index (χ0) is 24.0. The number of hydrogen-bond donors (Lipinski definition) is 1. The fourth-order valence-corrected chi connectivity index (χ4v) is 6.26. The van der Waals surface area contributed by atoms with E-state index in [0.717, 1.165) is 38.4 Å². The second-order valence-electron chi connectivity index (χ2n) is 9.01. The summed E-state index contributed by atoms with van der Waals surface area (Å²) < 4.78 is 32.7. The highest BCUT2D eigenvalue weighted by Crippen LogP contribution is 2.23.